The molecule has 1 heterocycles. The van der Waals surface area contributed by atoms with Crippen LogP contribution in [0.3, 0.4) is 0 Å². The Morgan fingerprint density at radius 3 is 2.71 bits per heavy atom. The van der Waals surface area contributed by atoms with Crippen LogP contribution in [0.5, 0.6) is 0 Å². The van der Waals surface area contributed by atoms with E-state index < -0.39 is 0 Å². The van der Waals surface area contributed by atoms with Gasteiger partial charge in [-0.2, -0.15) is 0 Å². The number of hydrogen-bond donors (Lipinski definition) is 1. The molecule has 0 aromatic heterocycles. The summed E-state index contributed by atoms with van der Waals surface area (Å²) in [5, 5.41) is 0.494. The van der Waals surface area contributed by atoms with Crippen LogP contribution in [0.2, 0.25) is 5.02 Å². The molecule has 0 bridgehead atoms. The minimum absolute atomic E-state index is 0.0109. The molecule has 1 fully saturated rings. The minimum atomic E-state index is -0.0109. The largest absolute Gasteiger partial charge is 0.338 e. The summed E-state index contributed by atoms with van der Waals surface area (Å²) in [6.07, 6.45) is 1.72. The van der Waals surface area contributed by atoms with Crippen molar-refractivity contribution in [3.63, 3.8) is 0 Å². The Hall–Kier alpha value is -0.580. The van der Waals surface area contributed by atoms with Crippen LogP contribution >= 0.6 is 27.5 Å². The zero-order valence-electron chi connectivity index (χ0n) is 9.33. The molecule has 0 unspecified atom stereocenters. The molecular formula is C12H14BrClN2O. The van der Waals surface area contributed by atoms with Crippen LogP contribution in [0.15, 0.2) is 22.7 Å². The molecule has 2 rings (SSSR count). The highest BCUT2D eigenvalue weighted by molar-refractivity contribution is 9.10. The standard InChI is InChI=1S/C12H14BrClN2O/c13-8-1-2-11(14)10(7-8)12(17)16-5-3-9(15)4-6-16/h1-2,7,9H,3-6,15H2. The molecule has 1 saturated heterocycles. The summed E-state index contributed by atoms with van der Waals surface area (Å²) >= 11 is 9.39. The summed E-state index contributed by atoms with van der Waals surface area (Å²) in [5.41, 5.74) is 6.37. The van der Waals surface area contributed by atoms with E-state index in [4.69, 9.17) is 17.3 Å². The van der Waals surface area contributed by atoms with Crippen molar-refractivity contribution in [3.8, 4) is 0 Å². The molecule has 1 amide bonds. The van der Waals surface area contributed by atoms with Crippen molar-refractivity contribution >= 4 is 33.4 Å². The summed E-state index contributed by atoms with van der Waals surface area (Å²) in [6.45, 7) is 1.42. The maximum absolute atomic E-state index is 12.3. The van der Waals surface area contributed by atoms with Crippen LogP contribution in [-0.2, 0) is 0 Å². The van der Waals surface area contributed by atoms with E-state index in [1.165, 1.54) is 0 Å². The SMILES string of the molecule is NC1CCN(C(=O)c2cc(Br)ccc2Cl)CC1. The number of nitrogens with two attached hydrogens (primary N) is 1. The predicted octanol–water partition coefficient (Wildman–Crippen LogP) is 2.67. The zero-order chi connectivity index (χ0) is 12.4. The number of amides is 1. The number of carbonyl (C=O) groups excluding carboxylic acids is 1. The summed E-state index contributed by atoms with van der Waals surface area (Å²) < 4.78 is 0.860. The van der Waals surface area contributed by atoms with Crippen LogP contribution in [-0.4, -0.2) is 29.9 Å². The lowest BCUT2D eigenvalue weighted by molar-refractivity contribution is 0.0715. The second-order valence-corrected chi connectivity index (χ2v) is 5.58. The number of hydrogen-bond acceptors (Lipinski definition) is 2. The molecule has 1 aliphatic heterocycles. The van der Waals surface area contributed by atoms with Gasteiger partial charge < -0.3 is 10.6 Å². The number of rotatable bonds is 1. The Morgan fingerprint density at radius 1 is 1.41 bits per heavy atom. The Balaban J connectivity index is 2.16. The lowest BCUT2D eigenvalue weighted by Crippen LogP contribution is -2.42. The van der Waals surface area contributed by atoms with Crippen molar-refractivity contribution in [2.24, 2.45) is 5.73 Å². The van der Waals surface area contributed by atoms with Crippen molar-refractivity contribution < 1.29 is 4.79 Å². The highest BCUT2D eigenvalue weighted by atomic mass is 79.9. The van der Waals surface area contributed by atoms with E-state index in [1.807, 2.05) is 11.0 Å². The van der Waals surface area contributed by atoms with Crippen LogP contribution < -0.4 is 5.73 Å². The molecule has 2 N–H and O–H groups in total. The molecule has 0 atom stereocenters. The molecule has 0 radical (unpaired) electrons. The van der Waals surface area contributed by atoms with Crippen molar-refractivity contribution in [1.82, 2.24) is 4.90 Å². The molecule has 17 heavy (non-hydrogen) atoms. The van der Waals surface area contributed by atoms with Gasteiger partial charge >= 0.3 is 0 Å². The second kappa shape index (κ2) is 5.38. The molecule has 92 valence electrons. The first-order chi connectivity index (χ1) is 8.08. The number of piperidine rings is 1. The molecule has 0 aliphatic carbocycles. The van der Waals surface area contributed by atoms with Gasteiger partial charge in [-0.25, -0.2) is 0 Å². The third-order valence-corrected chi connectivity index (χ3v) is 3.81. The Morgan fingerprint density at radius 2 is 2.06 bits per heavy atom. The Kier molecular flexibility index (Phi) is 4.07. The summed E-state index contributed by atoms with van der Waals surface area (Å²) in [6, 6.07) is 5.54. The fraction of sp³-hybridized carbons (Fsp3) is 0.417. The average molecular weight is 318 g/mol. The Labute approximate surface area is 114 Å². The van der Waals surface area contributed by atoms with Gasteiger partial charge in [-0.15, -0.1) is 0 Å². The Bertz CT molecular complexity index is 431. The van der Waals surface area contributed by atoms with Crippen LogP contribution in [0, 0.1) is 0 Å². The monoisotopic (exact) mass is 316 g/mol. The van der Waals surface area contributed by atoms with Crippen molar-refractivity contribution in [2.75, 3.05) is 13.1 Å². The van der Waals surface area contributed by atoms with Gasteiger partial charge in [-0.05, 0) is 31.0 Å². The van der Waals surface area contributed by atoms with Gasteiger partial charge in [0.1, 0.15) is 0 Å². The number of benzene rings is 1. The van der Waals surface area contributed by atoms with Gasteiger partial charge in [0.15, 0.2) is 0 Å². The molecule has 0 saturated carbocycles. The van der Waals surface area contributed by atoms with E-state index in [-0.39, 0.29) is 11.9 Å². The highest BCUT2D eigenvalue weighted by Crippen LogP contribution is 2.23. The normalized spacial score (nSPS) is 17.2. The van der Waals surface area contributed by atoms with Gasteiger partial charge in [-0.3, -0.25) is 4.79 Å². The van der Waals surface area contributed by atoms with Gasteiger partial charge in [0.25, 0.3) is 5.91 Å². The maximum Gasteiger partial charge on any atom is 0.255 e. The summed E-state index contributed by atoms with van der Waals surface area (Å²) in [4.78, 5) is 14.1. The van der Waals surface area contributed by atoms with E-state index in [9.17, 15) is 4.79 Å². The molecule has 0 spiro atoms. The van der Waals surface area contributed by atoms with Gasteiger partial charge in [0.05, 0.1) is 10.6 Å². The summed E-state index contributed by atoms with van der Waals surface area (Å²) in [7, 11) is 0. The number of halogens is 2. The van der Waals surface area contributed by atoms with Gasteiger partial charge in [-0.1, -0.05) is 27.5 Å². The quantitative estimate of drug-likeness (QED) is 0.865. The van der Waals surface area contributed by atoms with E-state index in [0.29, 0.717) is 23.7 Å². The van der Waals surface area contributed by atoms with E-state index in [2.05, 4.69) is 15.9 Å². The van der Waals surface area contributed by atoms with Gasteiger partial charge in [0, 0.05) is 23.6 Å². The predicted molar refractivity (Wildman–Crippen MR) is 72.3 cm³/mol. The lowest BCUT2D eigenvalue weighted by atomic mass is 10.0. The van der Waals surface area contributed by atoms with E-state index >= 15 is 0 Å². The fourth-order valence-electron chi connectivity index (χ4n) is 1.93. The first-order valence-electron chi connectivity index (χ1n) is 5.58. The van der Waals surface area contributed by atoms with E-state index in [1.54, 1.807) is 12.1 Å². The number of carbonyl (C=O) groups is 1. The third kappa shape index (κ3) is 3.00. The second-order valence-electron chi connectivity index (χ2n) is 4.25. The molecule has 1 aliphatic rings. The number of likely N-dealkylation sites (tertiary alicyclic amines) is 1. The minimum Gasteiger partial charge on any atom is -0.338 e. The molecular weight excluding hydrogens is 304 g/mol. The maximum atomic E-state index is 12.3. The average Bonchev–Trinajstić information content (AvgIpc) is 2.32. The van der Waals surface area contributed by atoms with Crippen molar-refractivity contribution in [3.05, 3.63) is 33.3 Å². The first kappa shape index (κ1) is 12.9. The first-order valence-corrected chi connectivity index (χ1v) is 6.75. The van der Waals surface area contributed by atoms with Crippen LogP contribution in [0.4, 0.5) is 0 Å². The fourth-order valence-corrected chi connectivity index (χ4v) is 2.49. The molecule has 3 nitrogen and oxygen atoms in total. The summed E-state index contributed by atoms with van der Waals surface area (Å²) in [5.74, 6) is -0.0109. The topological polar surface area (TPSA) is 46.3 Å². The van der Waals surface area contributed by atoms with Crippen LogP contribution in [0.1, 0.15) is 23.2 Å². The van der Waals surface area contributed by atoms with Crippen molar-refractivity contribution in [2.45, 2.75) is 18.9 Å². The molecule has 5 heteroatoms. The smallest absolute Gasteiger partial charge is 0.255 e. The van der Waals surface area contributed by atoms with E-state index in [0.717, 1.165) is 17.3 Å². The van der Waals surface area contributed by atoms with Crippen molar-refractivity contribution in [1.29, 1.82) is 0 Å². The molecule has 1 aromatic rings. The lowest BCUT2D eigenvalue weighted by Gasteiger charge is -2.30. The van der Waals surface area contributed by atoms with Gasteiger partial charge in [0.2, 0.25) is 0 Å². The number of nitrogens with zero attached hydrogens (tertiary/aromatic N) is 1. The third-order valence-electron chi connectivity index (χ3n) is 2.99. The molecule has 1 aromatic carbocycles. The zero-order valence-corrected chi connectivity index (χ0v) is 11.7. The van der Waals surface area contributed by atoms with Crippen LogP contribution in [0.25, 0.3) is 0 Å². The highest BCUT2D eigenvalue weighted by Gasteiger charge is 2.23.